The minimum Gasteiger partial charge on any atom is -0.367 e. The summed E-state index contributed by atoms with van der Waals surface area (Å²) in [4.78, 5) is 33.0. The Morgan fingerprint density at radius 1 is 1.12 bits per heavy atom. The molecule has 1 unspecified atom stereocenters. The molecule has 1 fully saturated rings. The van der Waals surface area contributed by atoms with Crippen molar-refractivity contribution in [3.8, 4) is 0 Å². The van der Waals surface area contributed by atoms with Crippen LogP contribution in [0.1, 0.15) is 48.2 Å². The number of carbonyl (C=O) groups excluding carboxylic acids is 2. The lowest BCUT2D eigenvalue weighted by Gasteiger charge is -2.32. The molecular formula is C26H35N5O2. The molecule has 1 saturated heterocycles. The Morgan fingerprint density at radius 2 is 1.88 bits per heavy atom. The van der Waals surface area contributed by atoms with E-state index in [4.69, 9.17) is 0 Å². The van der Waals surface area contributed by atoms with Gasteiger partial charge in [0.25, 0.3) is 5.91 Å². The number of carbonyl (C=O) groups is 2. The Balaban J connectivity index is 1.23. The lowest BCUT2D eigenvalue weighted by molar-refractivity contribution is -0.129. The van der Waals surface area contributed by atoms with E-state index in [0.29, 0.717) is 23.8 Å². The standard InChI is InChI=1S/C26H35N5O2/c1-19(17-30-12-8-21-5-3-4-6-23(21)18-30)16-28-26(33)22-7-11-27-25(15-22)29-24-9-13-31(14-10-24)20(2)32/h3-7,11,15,19,24H,8-10,12-14,16-18H2,1-2H3,(H,27,29)(H,28,33). The molecule has 3 heterocycles. The van der Waals surface area contributed by atoms with Crippen LogP contribution in [0.25, 0.3) is 0 Å². The van der Waals surface area contributed by atoms with Crippen molar-refractivity contribution < 1.29 is 9.59 Å². The molecule has 176 valence electrons. The summed E-state index contributed by atoms with van der Waals surface area (Å²) in [5.74, 6) is 1.14. The first-order chi connectivity index (χ1) is 16.0. The normalized spacial score (nSPS) is 17.8. The van der Waals surface area contributed by atoms with E-state index in [1.165, 1.54) is 11.1 Å². The number of aromatic nitrogens is 1. The largest absolute Gasteiger partial charge is 0.367 e. The zero-order valence-electron chi connectivity index (χ0n) is 19.7. The van der Waals surface area contributed by atoms with Gasteiger partial charge in [0.15, 0.2) is 0 Å². The average Bonchev–Trinajstić information content (AvgIpc) is 2.83. The second-order valence-corrected chi connectivity index (χ2v) is 9.42. The van der Waals surface area contributed by atoms with E-state index in [-0.39, 0.29) is 17.9 Å². The van der Waals surface area contributed by atoms with Crippen molar-refractivity contribution in [1.82, 2.24) is 20.1 Å². The van der Waals surface area contributed by atoms with E-state index >= 15 is 0 Å². The van der Waals surface area contributed by atoms with Gasteiger partial charge < -0.3 is 15.5 Å². The fourth-order valence-corrected chi connectivity index (χ4v) is 4.78. The molecule has 0 radical (unpaired) electrons. The molecule has 7 heteroatoms. The van der Waals surface area contributed by atoms with Gasteiger partial charge >= 0.3 is 0 Å². The van der Waals surface area contributed by atoms with Gasteiger partial charge in [0.05, 0.1) is 0 Å². The second-order valence-electron chi connectivity index (χ2n) is 9.42. The lowest BCUT2D eigenvalue weighted by Crippen LogP contribution is -2.41. The minimum atomic E-state index is -0.0670. The molecule has 2 N–H and O–H groups in total. The van der Waals surface area contributed by atoms with Gasteiger partial charge in [0.1, 0.15) is 5.82 Å². The highest BCUT2D eigenvalue weighted by Gasteiger charge is 2.21. The number of likely N-dealkylation sites (tertiary alicyclic amines) is 1. The molecule has 0 spiro atoms. The number of nitrogens with zero attached hydrogens (tertiary/aromatic N) is 3. The van der Waals surface area contributed by atoms with Crippen LogP contribution in [0.15, 0.2) is 42.6 Å². The van der Waals surface area contributed by atoms with Crippen LogP contribution >= 0.6 is 0 Å². The summed E-state index contributed by atoms with van der Waals surface area (Å²) in [5, 5.41) is 6.52. The van der Waals surface area contributed by atoms with Gasteiger partial charge in [-0.25, -0.2) is 4.98 Å². The Morgan fingerprint density at radius 3 is 2.64 bits per heavy atom. The van der Waals surface area contributed by atoms with Crippen LogP contribution in [-0.4, -0.2) is 65.4 Å². The Hall–Kier alpha value is -2.93. The summed E-state index contributed by atoms with van der Waals surface area (Å²) in [6.45, 7) is 8.99. The van der Waals surface area contributed by atoms with Gasteiger partial charge in [-0.3, -0.25) is 14.5 Å². The van der Waals surface area contributed by atoms with Crippen molar-refractivity contribution in [1.29, 1.82) is 0 Å². The predicted octanol–water partition coefficient (Wildman–Crippen LogP) is 2.93. The van der Waals surface area contributed by atoms with Crippen LogP contribution in [0, 0.1) is 5.92 Å². The molecular weight excluding hydrogens is 414 g/mol. The van der Waals surface area contributed by atoms with Crippen LogP contribution < -0.4 is 10.6 Å². The first-order valence-electron chi connectivity index (χ1n) is 12.0. The van der Waals surface area contributed by atoms with E-state index in [2.05, 4.69) is 51.7 Å². The third kappa shape index (κ3) is 6.32. The molecule has 0 saturated carbocycles. The maximum Gasteiger partial charge on any atom is 0.251 e. The van der Waals surface area contributed by atoms with Gasteiger partial charge in [-0.15, -0.1) is 0 Å². The molecule has 1 aromatic carbocycles. The monoisotopic (exact) mass is 449 g/mol. The fraction of sp³-hybridized carbons (Fsp3) is 0.500. The number of amides is 2. The number of hydrogen-bond acceptors (Lipinski definition) is 5. The van der Waals surface area contributed by atoms with Crippen molar-refractivity contribution in [2.45, 2.75) is 45.7 Å². The number of anilines is 1. The summed E-state index contributed by atoms with van der Waals surface area (Å²) in [5.41, 5.74) is 3.50. The van der Waals surface area contributed by atoms with Crippen molar-refractivity contribution >= 4 is 17.6 Å². The number of piperidine rings is 1. The maximum absolute atomic E-state index is 12.7. The molecule has 7 nitrogen and oxygen atoms in total. The fourth-order valence-electron chi connectivity index (χ4n) is 4.78. The molecule has 2 aromatic rings. The highest BCUT2D eigenvalue weighted by molar-refractivity contribution is 5.94. The molecule has 4 rings (SSSR count). The van der Waals surface area contributed by atoms with E-state index in [9.17, 15) is 9.59 Å². The summed E-state index contributed by atoms with van der Waals surface area (Å²) in [7, 11) is 0. The van der Waals surface area contributed by atoms with Crippen LogP contribution in [0.3, 0.4) is 0 Å². The Kier molecular flexibility index (Phi) is 7.60. The molecule has 2 aliphatic rings. The molecule has 2 amide bonds. The van der Waals surface area contributed by atoms with E-state index in [0.717, 1.165) is 52.0 Å². The molecule has 33 heavy (non-hydrogen) atoms. The topological polar surface area (TPSA) is 77.6 Å². The highest BCUT2D eigenvalue weighted by Crippen LogP contribution is 2.19. The number of benzene rings is 1. The minimum absolute atomic E-state index is 0.0670. The Bertz CT molecular complexity index is 971. The van der Waals surface area contributed by atoms with Crippen LogP contribution in [0.4, 0.5) is 5.82 Å². The first kappa shape index (κ1) is 23.2. The quantitative estimate of drug-likeness (QED) is 0.680. The zero-order chi connectivity index (χ0) is 23.2. The lowest BCUT2D eigenvalue weighted by atomic mass is 9.99. The number of hydrogen-bond donors (Lipinski definition) is 2. The summed E-state index contributed by atoms with van der Waals surface area (Å²) in [6.07, 6.45) is 4.54. The average molecular weight is 450 g/mol. The van der Waals surface area contributed by atoms with E-state index in [1.54, 1.807) is 19.2 Å². The van der Waals surface area contributed by atoms with E-state index in [1.807, 2.05) is 11.0 Å². The highest BCUT2D eigenvalue weighted by atomic mass is 16.2. The zero-order valence-corrected chi connectivity index (χ0v) is 19.7. The third-order valence-corrected chi connectivity index (χ3v) is 6.71. The SMILES string of the molecule is CC(=O)N1CCC(Nc2cc(C(=O)NCC(C)CN3CCc4ccccc4C3)ccn2)CC1. The second kappa shape index (κ2) is 10.8. The van der Waals surface area contributed by atoms with Crippen LogP contribution in [0.2, 0.25) is 0 Å². The van der Waals surface area contributed by atoms with Crippen molar-refractivity contribution in [2.24, 2.45) is 5.92 Å². The molecule has 0 aliphatic carbocycles. The molecule has 0 bridgehead atoms. The van der Waals surface area contributed by atoms with Gasteiger partial charge in [-0.2, -0.15) is 0 Å². The molecule has 1 atom stereocenters. The van der Waals surface area contributed by atoms with Crippen molar-refractivity contribution in [3.05, 3.63) is 59.3 Å². The number of fused-ring (bicyclic) bond motifs is 1. The van der Waals surface area contributed by atoms with Gasteiger partial charge in [-0.1, -0.05) is 31.2 Å². The van der Waals surface area contributed by atoms with E-state index < -0.39 is 0 Å². The van der Waals surface area contributed by atoms with Crippen LogP contribution in [0.5, 0.6) is 0 Å². The van der Waals surface area contributed by atoms with Gasteiger partial charge in [-0.05, 0) is 48.4 Å². The summed E-state index contributed by atoms with van der Waals surface area (Å²) in [6, 6.07) is 12.5. The summed E-state index contributed by atoms with van der Waals surface area (Å²) >= 11 is 0. The van der Waals surface area contributed by atoms with Gasteiger partial charge in [0, 0.05) is 64.0 Å². The maximum atomic E-state index is 12.7. The third-order valence-electron chi connectivity index (χ3n) is 6.71. The number of pyridine rings is 1. The predicted molar refractivity (Wildman–Crippen MR) is 130 cm³/mol. The summed E-state index contributed by atoms with van der Waals surface area (Å²) < 4.78 is 0. The molecule has 1 aromatic heterocycles. The van der Waals surface area contributed by atoms with Crippen molar-refractivity contribution in [3.63, 3.8) is 0 Å². The first-order valence-corrected chi connectivity index (χ1v) is 12.0. The number of rotatable bonds is 7. The van der Waals surface area contributed by atoms with Crippen molar-refractivity contribution in [2.75, 3.05) is 38.0 Å². The Labute approximate surface area is 196 Å². The molecule has 2 aliphatic heterocycles. The van der Waals surface area contributed by atoms with Gasteiger partial charge in [0.2, 0.25) is 5.91 Å². The number of nitrogens with one attached hydrogen (secondary N) is 2. The smallest absolute Gasteiger partial charge is 0.251 e. The van der Waals surface area contributed by atoms with Crippen LogP contribution in [-0.2, 0) is 17.8 Å².